The summed E-state index contributed by atoms with van der Waals surface area (Å²) in [4.78, 5) is 4.37. The molecule has 0 unspecified atom stereocenters. The summed E-state index contributed by atoms with van der Waals surface area (Å²) in [7, 11) is 0. The van der Waals surface area contributed by atoms with Crippen molar-refractivity contribution in [2.75, 3.05) is 6.54 Å². The average molecular weight is 354 g/mol. The van der Waals surface area contributed by atoms with E-state index in [9.17, 15) is 13.2 Å². The van der Waals surface area contributed by atoms with Gasteiger partial charge in [0.25, 0.3) is 0 Å². The lowest BCUT2D eigenvalue weighted by Crippen LogP contribution is -2.36. The molecule has 8 heteroatoms. The molecule has 136 valence electrons. The highest BCUT2D eigenvalue weighted by molar-refractivity contribution is 5.79. The molecule has 5 nitrogen and oxygen atoms in total. The van der Waals surface area contributed by atoms with E-state index in [2.05, 4.69) is 20.8 Å². The van der Waals surface area contributed by atoms with Gasteiger partial charge in [0.15, 0.2) is 11.7 Å². The number of aromatic nitrogens is 1. The fourth-order valence-electron chi connectivity index (χ4n) is 2.09. The average Bonchev–Trinajstić information content (AvgIpc) is 3.05. The van der Waals surface area contributed by atoms with Crippen molar-refractivity contribution in [3.63, 3.8) is 0 Å². The van der Waals surface area contributed by atoms with Crippen molar-refractivity contribution in [3.8, 4) is 0 Å². The third-order valence-corrected chi connectivity index (χ3v) is 3.45. The van der Waals surface area contributed by atoms with E-state index in [4.69, 9.17) is 4.52 Å². The van der Waals surface area contributed by atoms with Crippen molar-refractivity contribution in [2.45, 2.75) is 39.5 Å². The van der Waals surface area contributed by atoms with Crippen LogP contribution in [0, 0.1) is 0 Å². The van der Waals surface area contributed by atoms with Crippen LogP contribution in [0.15, 0.2) is 39.8 Å². The molecule has 2 rings (SSSR count). The zero-order valence-corrected chi connectivity index (χ0v) is 14.2. The van der Waals surface area contributed by atoms with E-state index < -0.39 is 11.7 Å². The zero-order chi connectivity index (χ0) is 18.3. The molecule has 0 saturated heterocycles. The van der Waals surface area contributed by atoms with Crippen LogP contribution in [0.1, 0.15) is 36.4 Å². The van der Waals surface area contributed by atoms with Crippen molar-refractivity contribution >= 4 is 5.96 Å². The Kier molecular flexibility index (Phi) is 6.44. The highest BCUT2D eigenvalue weighted by atomic mass is 19.4. The van der Waals surface area contributed by atoms with Gasteiger partial charge in [-0.15, -0.1) is 0 Å². The molecular weight excluding hydrogens is 333 g/mol. The number of guanidine groups is 1. The maximum absolute atomic E-state index is 12.6. The second kappa shape index (κ2) is 8.55. The molecule has 0 radical (unpaired) electrons. The number of nitrogens with one attached hydrogen (secondary N) is 2. The Morgan fingerprint density at radius 3 is 2.44 bits per heavy atom. The van der Waals surface area contributed by atoms with Crippen molar-refractivity contribution in [2.24, 2.45) is 4.99 Å². The minimum atomic E-state index is -4.33. The van der Waals surface area contributed by atoms with Gasteiger partial charge < -0.3 is 15.2 Å². The highest BCUT2D eigenvalue weighted by Gasteiger charge is 2.29. The number of aliphatic imine (C=N–C) groups is 1. The molecule has 0 spiro atoms. The molecule has 2 N–H and O–H groups in total. The Balaban J connectivity index is 1.96. The first-order valence-corrected chi connectivity index (χ1v) is 8.05. The van der Waals surface area contributed by atoms with Crippen LogP contribution in [0.3, 0.4) is 0 Å². The van der Waals surface area contributed by atoms with E-state index in [0.717, 1.165) is 24.2 Å². The van der Waals surface area contributed by atoms with Crippen LogP contribution in [0.2, 0.25) is 0 Å². The summed E-state index contributed by atoms with van der Waals surface area (Å²) in [6.07, 6.45) is -3.53. The van der Waals surface area contributed by atoms with Gasteiger partial charge in [-0.05, 0) is 31.0 Å². The highest BCUT2D eigenvalue weighted by Crippen LogP contribution is 2.29. The summed E-state index contributed by atoms with van der Waals surface area (Å²) in [6.45, 7) is 5.27. The van der Waals surface area contributed by atoms with Crippen LogP contribution in [0.5, 0.6) is 0 Å². The second-order valence-electron chi connectivity index (χ2n) is 5.38. The predicted molar refractivity (Wildman–Crippen MR) is 89.0 cm³/mol. The lowest BCUT2D eigenvalue weighted by Gasteiger charge is -2.10. The van der Waals surface area contributed by atoms with Crippen molar-refractivity contribution in [1.82, 2.24) is 15.8 Å². The van der Waals surface area contributed by atoms with Crippen LogP contribution in [-0.4, -0.2) is 17.7 Å². The van der Waals surface area contributed by atoms with Crippen molar-refractivity contribution < 1.29 is 17.7 Å². The molecular formula is C17H21F3N4O. The molecule has 0 saturated carbocycles. The Morgan fingerprint density at radius 1 is 1.16 bits per heavy atom. The summed E-state index contributed by atoms with van der Waals surface area (Å²) in [5.74, 6) is 1.24. The zero-order valence-electron chi connectivity index (χ0n) is 14.2. The Hall–Kier alpha value is -2.51. The monoisotopic (exact) mass is 354 g/mol. The van der Waals surface area contributed by atoms with E-state index in [1.807, 2.05) is 19.9 Å². The molecule has 0 aliphatic rings. The fraction of sp³-hybridized carbons (Fsp3) is 0.412. The fourth-order valence-corrected chi connectivity index (χ4v) is 2.09. The Labute approximate surface area is 144 Å². The van der Waals surface area contributed by atoms with Crippen molar-refractivity contribution in [1.29, 1.82) is 0 Å². The van der Waals surface area contributed by atoms with Crippen LogP contribution in [0.25, 0.3) is 0 Å². The third-order valence-electron chi connectivity index (χ3n) is 3.45. The first-order chi connectivity index (χ1) is 11.9. The molecule has 2 aromatic rings. The molecule has 0 amide bonds. The van der Waals surface area contributed by atoms with Crippen LogP contribution >= 0.6 is 0 Å². The van der Waals surface area contributed by atoms with Crippen molar-refractivity contribution in [3.05, 3.63) is 52.9 Å². The molecule has 0 bridgehead atoms. The molecule has 1 aromatic carbocycles. The molecule has 1 aromatic heterocycles. The van der Waals surface area contributed by atoms with Gasteiger partial charge >= 0.3 is 6.18 Å². The number of benzene rings is 1. The first-order valence-electron chi connectivity index (χ1n) is 8.05. The number of hydrogen-bond acceptors (Lipinski definition) is 3. The van der Waals surface area contributed by atoms with Gasteiger partial charge in [-0.25, -0.2) is 4.99 Å². The molecule has 0 fully saturated rings. The predicted octanol–water partition coefficient (Wildman–Crippen LogP) is 3.51. The van der Waals surface area contributed by atoms with Gasteiger partial charge in [-0.1, -0.05) is 24.2 Å². The maximum atomic E-state index is 12.6. The quantitative estimate of drug-likeness (QED) is 0.616. The Bertz CT molecular complexity index is 693. The normalized spacial score (nSPS) is 12.3. The third kappa shape index (κ3) is 5.81. The van der Waals surface area contributed by atoms with Gasteiger partial charge in [0, 0.05) is 12.6 Å². The summed E-state index contributed by atoms with van der Waals surface area (Å²) in [6, 6.07) is 6.85. The summed E-state index contributed by atoms with van der Waals surface area (Å²) in [5, 5.41) is 10.1. The van der Waals surface area contributed by atoms with E-state index in [0.29, 0.717) is 30.4 Å². The topological polar surface area (TPSA) is 62.5 Å². The SMILES string of the molecule is CCNC(=NCc1ccc(C(F)(F)F)cc1)NCc1cc(CC)no1. The van der Waals surface area contributed by atoms with Crippen LogP contribution in [-0.2, 0) is 25.7 Å². The van der Waals surface area contributed by atoms with E-state index in [1.165, 1.54) is 12.1 Å². The largest absolute Gasteiger partial charge is 0.416 e. The number of rotatable bonds is 6. The molecule has 0 atom stereocenters. The molecule has 0 aliphatic heterocycles. The van der Waals surface area contributed by atoms with Crippen LogP contribution in [0.4, 0.5) is 13.2 Å². The number of halogens is 3. The Morgan fingerprint density at radius 2 is 1.88 bits per heavy atom. The molecule has 25 heavy (non-hydrogen) atoms. The number of aryl methyl sites for hydroxylation is 1. The van der Waals surface area contributed by atoms with E-state index >= 15 is 0 Å². The smallest absolute Gasteiger partial charge is 0.359 e. The second-order valence-corrected chi connectivity index (χ2v) is 5.38. The minimum absolute atomic E-state index is 0.268. The number of nitrogens with zero attached hydrogens (tertiary/aromatic N) is 2. The van der Waals surface area contributed by atoms with E-state index in [1.54, 1.807) is 0 Å². The number of alkyl halides is 3. The standard InChI is InChI=1S/C17H21F3N4O/c1-3-14-9-15(25-24-14)11-23-16(21-4-2)22-10-12-5-7-13(8-6-12)17(18,19)20/h5-9H,3-4,10-11H2,1-2H3,(H2,21,22,23). The van der Waals surface area contributed by atoms with Gasteiger partial charge in [0.1, 0.15) is 0 Å². The summed E-state index contributed by atoms with van der Waals surface area (Å²) in [5.41, 5.74) is 0.906. The van der Waals surface area contributed by atoms with Gasteiger partial charge in [-0.2, -0.15) is 13.2 Å². The number of hydrogen-bond donors (Lipinski definition) is 2. The van der Waals surface area contributed by atoms with E-state index in [-0.39, 0.29) is 6.54 Å². The first kappa shape index (κ1) is 18.8. The summed E-state index contributed by atoms with van der Waals surface area (Å²) < 4.78 is 42.9. The van der Waals surface area contributed by atoms with Gasteiger partial charge in [0.2, 0.25) is 0 Å². The molecule has 0 aliphatic carbocycles. The minimum Gasteiger partial charge on any atom is -0.359 e. The van der Waals surface area contributed by atoms with Gasteiger partial charge in [0.05, 0.1) is 24.3 Å². The summed E-state index contributed by atoms with van der Waals surface area (Å²) >= 11 is 0. The lowest BCUT2D eigenvalue weighted by atomic mass is 10.1. The van der Waals surface area contributed by atoms with Crippen LogP contribution < -0.4 is 10.6 Å². The lowest BCUT2D eigenvalue weighted by molar-refractivity contribution is -0.137. The van der Waals surface area contributed by atoms with Gasteiger partial charge in [-0.3, -0.25) is 0 Å². The maximum Gasteiger partial charge on any atom is 0.416 e. The molecule has 1 heterocycles.